The summed E-state index contributed by atoms with van der Waals surface area (Å²) in [4.78, 5) is 23.5. The largest absolute Gasteiger partial charge is 0.438 e. The number of carbonyl (C=O) groups excluding carboxylic acids is 1. The van der Waals surface area contributed by atoms with Crippen LogP contribution in [0.2, 0.25) is 0 Å². The molecule has 1 saturated heterocycles. The Morgan fingerprint density at radius 2 is 1.90 bits per heavy atom. The van der Waals surface area contributed by atoms with Gasteiger partial charge in [0.15, 0.2) is 9.84 Å². The standard InChI is InChI=1S/C21H23N3O4S/c1-14-8-16(9-14)19-22-10-18(20(23-19)28-17-6-4-3-5-7-17)21(25)24-11-15(12-24)13-29(2,26)27/h3-7,10,13-14,16H,8-9,11-12H2,1-2H3. The number of para-hydroxylation sites is 1. The van der Waals surface area contributed by atoms with E-state index < -0.39 is 9.84 Å². The highest BCUT2D eigenvalue weighted by atomic mass is 32.2. The fourth-order valence-electron chi connectivity index (χ4n) is 3.65. The van der Waals surface area contributed by atoms with E-state index in [9.17, 15) is 13.2 Å². The quantitative estimate of drug-likeness (QED) is 0.748. The number of amides is 1. The van der Waals surface area contributed by atoms with Crippen molar-refractivity contribution >= 4 is 15.7 Å². The fraction of sp³-hybridized carbons (Fsp3) is 0.381. The summed E-state index contributed by atoms with van der Waals surface area (Å²) in [6.45, 7) is 2.75. The second-order valence-corrected chi connectivity index (χ2v) is 9.80. The van der Waals surface area contributed by atoms with Crippen LogP contribution in [-0.2, 0) is 9.84 Å². The molecular formula is C21H23N3O4S. The molecule has 0 N–H and O–H groups in total. The maximum Gasteiger partial charge on any atom is 0.261 e. The highest BCUT2D eigenvalue weighted by Gasteiger charge is 2.33. The smallest absolute Gasteiger partial charge is 0.261 e. The lowest BCUT2D eigenvalue weighted by atomic mass is 9.76. The molecule has 0 atom stereocenters. The maximum atomic E-state index is 13.0. The Kier molecular flexibility index (Phi) is 5.12. The predicted octanol–water partition coefficient (Wildman–Crippen LogP) is 3.17. The molecule has 0 spiro atoms. The second-order valence-electron chi connectivity index (χ2n) is 7.90. The zero-order chi connectivity index (χ0) is 20.6. The zero-order valence-electron chi connectivity index (χ0n) is 16.4. The Labute approximate surface area is 170 Å². The summed E-state index contributed by atoms with van der Waals surface area (Å²) in [6.07, 6.45) is 4.74. The molecule has 1 aromatic heterocycles. The van der Waals surface area contributed by atoms with Crippen molar-refractivity contribution in [3.05, 3.63) is 58.9 Å². The first-order valence-electron chi connectivity index (χ1n) is 9.57. The van der Waals surface area contributed by atoms with Crippen LogP contribution >= 0.6 is 0 Å². The van der Waals surface area contributed by atoms with E-state index in [1.165, 1.54) is 11.6 Å². The van der Waals surface area contributed by atoms with Gasteiger partial charge in [-0.2, -0.15) is 4.98 Å². The van der Waals surface area contributed by atoms with Crippen LogP contribution in [0.1, 0.15) is 41.9 Å². The average Bonchev–Trinajstić information content (AvgIpc) is 2.61. The van der Waals surface area contributed by atoms with Gasteiger partial charge in [0, 0.05) is 36.9 Å². The zero-order valence-corrected chi connectivity index (χ0v) is 17.2. The van der Waals surface area contributed by atoms with Crippen molar-refractivity contribution in [2.75, 3.05) is 19.3 Å². The number of carbonyl (C=O) groups is 1. The number of rotatable bonds is 5. The number of nitrogens with zero attached hydrogens (tertiary/aromatic N) is 3. The van der Waals surface area contributed by atoms with Gasteiger partial charge in [0.25, 0.3) is 5.91 Å². The van der Waals surface area contributed by atoms with Crippen molar-refractivity contribution in [1.82, 2.24) is 14.9 Å². The first kappa shape index (κ1) is 19.6. The van der Waals surface area contributed by atoms with Gasteiger partial charge in [-0.3, -0.25) is 4.79 Å². The third-order valence-corrected chi connectivity index (χ3v) is 5.92. The number of ether oxygens (including phenoxy) is 1. The van der Waals surface area contributed by atoms with Gasteiger partial charge >= 0.3 is 0 Å². The lowest BCUT2D eigenvalue weighted by molar-refractivity contribution is 0.0723. The van der Waals surface area contributed by atoms with Crippen molar-refractivity contribution in [3.63, 3.8) is 0 Å². The van der Waals surface area contributed by atoms with Crippen molar-refractivity contribution in [1.29, 1.82) is 0 Å². The topological polar surface area (TPSA) is 89.5 Å². The molecule has 1 aromatic carbocycles. The van der Waals surface area contributed by atoms with Gasteiger partial charge in [-0.05, 0) is 36.5 Å². The van der Waals surface area contributed by atoms with Crippen molar-refractivity contribution < 1.29 is 17.9 Å². The number of aromatic nitrogens is 2. The molecule has 0 bridgehead atoms. The summed E-state index contributed by atoms with van der Waals surface area (Å²) >= 11 is 0. The minimum Gasteiger partial charge on any atom is -0.438 e. The molecule has 1 aliphatic carbocycles. The summed E-state index contributed by atoms with van der Waals surface area (Å²) in [6, 6.07) is 9.19. The van der Waals surface area contributed by atoms with Gasteiger partial charge in [0.1, 0.15) is 17.1 Å². The van der Waals surface area contributed by atoms with Crippen LogP contribution < -0.4 is 4.74 Å². The first-order chi connectivity index (χ1) is 13.8. The predicted molar refractivity (Wildman–Crippen MR) is 109 cm³/mol. The third kappa shape index (κ3) is 4.48. The van der Waals surface area contributed by atoms with E-state index in [0.717, 1.165) is 19.1 Å². The molecule has 152 valence electrons. The summed E-state index contributed by atoms with van der Waals surface area (Å²) in [5, 5.41) is 1.22. The molecule has 0 unspecified atom stereocenters. The van der Waals surface area contributed by atoms with Crippen LogP contribution in [0, 0.1) is 5.92 Å². The van der Waals surface area contributed by atoms with E-state index in [0.29, 0.717) is 29.0 Å². The van der Waals surface area contributed by atoms with Gasteiger partial charge < -0.3 is 9.64 Å². The Hall–Kier alpha value is -2.74. The monoisotopic (exact) mass is 413 g/mol. The molecule has 8 heteroatoms. The number of sulfone groups is 1. The van der Waals surface area contributed by atoms with Crippen LogP contribution in [0.5, 0.6) is 11.6 Å². The molecule has 0 radical (unpaired) electrons. The molecule has 29 heavy (non-hydrogen) atoms. The summed E-state index contributed by atoms with van der Waals surface area (Å²) < 4.78 is 28.7. The number of likely N-dealkylation sites (tertiary alicyclic amines) is 1. The van der Waals surface area contributed by atoms with Gasteiger partial charge in [-0.25, -0.2) is 13.4 Å². The van der Waals surface area contributed by atoms with Gasteiger partial charge in [-0.1, -0.05) is 25.1 Å². The molecule has 7 nitrogen and oxygen atoms in total. The highest BCUT2D eigenvalue weighted by Crippen LogP contribution is 2.40. The van der Waals surface area contributed by atoms with E-state index in [1.54, 1.807) is 17.0 Å². The molecule has 1 amide bonds. The van der Waals surface area contributed by atoms with Crippen molar-refractivity contribution in [2.24, 2.45) is 5.92 Å². The molecule has 2 fully saturated rings. The van der Waals surface area contributed by atoms with Gasteiger partial charge in [-0.15, -0.1) is 0 Å². The highest BCUT2D eigenvalue weighted by molar-refractivity contribution is 7.93. The number of hydrogen-bond acceptors (Lipinski definition) is 6. The van der Waals surface area contributed by atoms with Crippen molar-refractivity contribution in [2.45, 2.75) is 25.7 Å². The number of hydrogen-bond donors (Lipinski definition) is 0. The molecule has 1 aliphatic heterocycles. The van der Waals surface area contributed by atoms with Gasteiger partial charge in [0.2, 0.25) is 5.88 Å². The average molecular weight is 413 g/mol. The second kappa shape index (κ2) is 7.59. The van der Waals surface area contributed by atoms with Crippen molar-refractivity contribution in [3.8, 4) is 11.6 Å². The maximum absolute atomic E-state index is 13.0. The molecule has 1 saturated carbocycles. The molecule has 2 heterocycles. The lowest BCUT2D eigenvalue weighted by Gasteiger charge is -2.34. The van der Waals surface area contributed by atoms with Gasteiger partial charge in [0.05, 0.1) is 0 Å². The van der Waals surface area contributed by atoms with Crippen LogP contribution in [-0.4, -0.2) is 48.5 Å². The first-order valence-corrected chi connectivity index (χ1v) is 11.5. The Morgan fingerprint density at radius 3 is 2.52 bits per heavy atom. The minimum atomic E-state index is -3.21. The van der Waals surface area contributed by atoms with E-state index in [1.807, 2.05) is 18.2 Å². The Morgan fingerprint density at radius 1 is 1.21 bits per heavy atom. The minimum absolute atomic E-state index is 0.242. The third-order valence-electron chi connectivity index (χ3n) is 5.16. The van der Waals surface area contributed by atoms with Crippen LogP contribution in [0.3, 0.4) is 0 Å². The van der Waals surface area contributed by atoms with Crippen LogP contribution in [0.25, 0.3) is 0 Å². The van der Waals surface area contributed by atoms with E-state index in [-0.39, 0.29) is 30.4 Å². The molecule has 2 aliphatic rings. The Balaban J connectivity index is 1.58. The summed E-state index contributed by atoms with van der Waals surface area (Å²) in [5.41, 5.74) is 0.982. The molecular weight excluding hydrogens is 390 g/mol. The van der Waals surface area contributed by atoms with E-state index in [2.05, 4.69) is 16.9 Å². The summed E-state index contributed by atoms with van der Waals surface area (Å²) in [5.74, 6) is 2.22. The number of benzene rings is 1. The SMILES string of the molecule is CC1CC(c2ncc(C(=O)N3CC(=CS(C)(=O)=O)C3)c(Oc3ccccc3)n2)C1. The van der Waals surface area contributed by atoms with Crippen LogP contribution in [0.4, 0.5) is 0 Å². The van der Waals surface area contributed by atoms with E-state index >= 15 is 0 Å². The normalized spacial score (nSPS) is 21.2. The van der Waals surface area contributed by atoms with Crippen LogP contribution in [0.15, 0.2) is 47.5 Å². The van der Waals surface area contributed by atoms with E-state index in [4.69, 9.17) is 4.74 Å². The molecule has 2 aromatic rings. The Bertz CT molecular complexity index is 1050. The summed E-state index contributed by atoms with van der Waals surface area (Å²) in [7, 11) is -3.21. The lowest BCUT2D eigenvalue weighted by Crippen LogP contribution is -2.45. The fourth-order valence-corrected chi connectivity index (χ4v) is 4.40. The molecule has 4 rings (SSSR count).